The van der Waals surface area contributed by atoms with E-state index in [4.69, 9.17) is 28.9 Å². The molecule has 0 atom stereocenters. The van der Waals surface area contributed by atoms with Crippen molar-refractivity contribution in [2.75, 3.05) is 11.1 Å². The van der Waals surface area contributed by atoms with E-state index in [9.17, 15) is 0 Å². The Hall–Kier alpha value is -1.45. The van der Waals surface area contributed by atoms with Crippen LogP contribution in [0.2, 0.25) is 10.0 Å². The molecule has 1 aromatic heterocycles. The van der Waals surface area contributed by atoms with Gasteiger partial charge in [-0.3, -0.25) is 0 Å². The number of nitrogens with two attached hydrogens (primary N) is 1. The van der Waals surface area contributed by atoms with Gasteiger partial charge >= 0.3 is 0 Å². The first-order chi connectivity index (χ1) is 8.06. The fraction of sp³-hybridized carbons (Fsp3) is 0.0833. The monoisotopic (exact) mass is 267 g/mol. The van der Waals surface area contributed by atoms with Gasteiger partial charge in [0, 0.05) is 21.9 Å². The van der Waals surface area contributed by atoms with Crippen LogP contribution in [0.25, 0.3) is 0 Å². The van der Waals surface area contributed by atoms with E-state index in [-0.39, 0.29) is 0 Å². The van der Waals surface area contributed by atoms with Crippen LogP contribution in [0.1, 0.15) is 5.56 Å². The molecule has 0 amide bonds. The standard InChI is InChI=1S/C12H11Cl2N3/c1-7-2-3-16-12(11(7)15)17-10-5-8(13)4-9(14)6-10/h2-6H,15H2,1H3,(H,16,17). The fourth-order valence-corrected chi connectivity index (χ4v) is 1.96. The van der Waals surface area contributed by atoms with Gasteiger partial charge in [0.2, 0.25) is 0 Å². The van der Waals surface area contributed by atoms with Crippen molar-refractivity contribution in [3.05, 3.63) is 46.1 Å². The molecule has 0 unspecified atom stereocenters. The molecule has 0 radical (unpaired) electrons. The number of aromatic nitrogens is 1. The lowest BCUT2D eigenvalue weighted by molar-refractivity contribution is 1.28. The molecule has 3 nitrogen and oxygen atoms in total. The number of pyridine rings is 1. The lowest BCUT2D eigenvalue weighted by atomic mass is 10.2. The fourth-order valence-electron chi connectivity index (χ4n) is 1.43. The van der Waals surface area contributed by atoms with Crippen molar-refractivity contribution in [2.24, 2.45) is 0 Å². The molecule has 1 aromatic carbocycles. The molecule has 0 spiro atoms. The Bertz CT molecular complexity index is 535. The average molecular weight is 268 g/mol. The first-order valence-corrected chi connectivity index (χ1v) is 5.76. The molecule has 0 aliphatic heterocycles. The van der Waals surface area contributed by atoms with Crippen LogP contribution in [0.5, 0.6) is 0 Å². The predicted octanol–water partition coefficient (Wildman–Crippen LogP) is 4.02. The van der Waals surface area contributed by atoms with Gasteiger partial charge in [-0.25, -0.2) is 4.98 Å². The van der Waals surface area contributed by atoms with Crippen molar-refractivity contribution in [1.82, 2.24) is 4.98 Å². The summed E-state index contributed by atoms with van der Waals surface area (Å²) in [6.45, 7) is 1.92. The molecular formula is C12H11Cl2N3. The van der Waals surface area contributed by atoms with E-state index in [1.165, 1.54) is 0 Å². The summed E-state index contributed by atoms with van der Waals surface area (Å²) in [6, 6.07) is 7.04. The van der Waals surface area contributed by atoms with Gasteiger partial charge in [-0.15, -0.1) is 0 Å². The van der Waals surface area contributed by atoms with Gasteiger partial charge in [0.15, 0.2) is 5.82 Å². The van der Waals surface area contributed by atoms with E-state index in [0.717, 1.165) is 11.3 Å². The number of halogens is 2. The highest BCUT2D eigenvalue weighted by molar-refractivity contribution is 6.35. The number of aryl methyl sites for hydroxylation is 1. The number of nitrogens with zero attached hydrogens (tertiary/aromatic N) is 1. The highest BCUT2D eigenvalue weighted by Crippen LogP contribution is 2.27. The lowest BCUT2D eigenvalue weighted by Crippen LogP contribution is -2.00. The number of rotatable bonds is 2. The van der Waals surface area contributed by atoms with Gasteiger partial charge in [0.05, 0.1) is 5.69 Å². The van der Waals surface area contributed by atoms with Crippen LogP contribution in [-0.4, -0.2) is 4.98 Å². The third-order valence-electron chi connectivity index (χ3n) is 2.33. The van der Waals surface area contributed by atoms with Crippen LogP contribution in [0.15, 0.2) is 30.5 Å². The van der Waals surface area contributed by atoms with Crippen molar-refractivity contribution in [3.8, 4) is 0 Å². The van der Waals surface area contributed by atoms with Crippen molar-refractivity contribution in [3.63, 3.8) is 0 Å². The summed E-state index contributed by atoms with van der Waals surface area (Å²) in [5.74, 6) is 0.600. The van der Waals surface area contributed by atoms with Crippen LogP contribution < -0.4 is 11.1 Å². The number of benzene rings is 1. The van der Waals surface area contributed by atoms with Gasteiger partial charge in [0.25, 0.3) is 0 Å². The number of hydrogen-bond donors (Lipinski definition) is 2. The molecule has 1 heterocycles. The minimum absolute atomic E-state index is 0.561. The molecule has 0 saturated carbocycles. The predicted molar refractivity (Wildman–Crippen MR) is 73.1 cm³/mol. The highest BCUT2D eigenvalue weighted by Gasteiger charge is 2.04. The molecule has 5 heteroatoms. The molecule has 17 heavy (non-hydrogen) atoms. The lowest BCUT2D eigenvalue weighted by Gasteiger charge is -2.10. The van der Waals surface area contributed by atoms with Gasteiger partial charge < -0.3 is 11.1 Å². The van der Waals surface area contributed by atoms with Gasteiger partial charge in [-0.05, 0) is 36.8 Å². The van der Waals surface area contributed by atoms with E-state index in [2.05, 4.69) is 10.3 Å². The number of hydrogen-bond acceptors (Lipinski definition) is 3. The highest BCUT2D eigenvalue weighted by atomic mass is 35.5. The van der Waals surface area contributed by atoms with E-state index in [1.807, 2.05) is 13.0 Å². The van der Waals surface area contributed by atoms with Crippen LogP contribution in [0.3, 0.4) is 0 Å². The minimum atomic E-state index is 0.561. The summed E-state index contributed by atoms with van der Waals surface area (Å²) < 4.78 is 0. The van der Waals surface area contributed by atoms with Gasteiger partial charge in [0.1, 0.15) is 0 Å². The average Bonchev–Trinajstić information content (AvgIpc) is 2.23. The molecule has 0 saturated heterocycles. The summed E-state index contributed by atoms with van der Waals surface area (Å²) >= 11 is 11.8. The molecule has 2 aromatic rings. The number of nitrogens with one attached hydrogen (secondary N) is 1. The molecule has 3 N–H and O–H groups in total. The van der Waals surface area contributed by atoms with Crippen LogP contribution in [0, 0.1) is 6.92 Å². The van der Waals surface area contributed by atoms with E-state index in [0.29, 0.717) is 21.6 Å². The number of anilines is 3. The maximum atomic E-state index is 5.92. The molecule has 0 bridgehead atoms. The van der Waals surface area contributed by atoms with Crippen molar-refractivity contribution in [1.29, 1.82) is 0 Å². The Labute approximate surface area is 110 Å². The Morgan fingerprint density at radius 3 is 2.47 bits per heavy atom. The maximum absolute atomic E-state index is 5.92. The second kappa shape index (κ2) is 4.82. The zero-order valence-electron chi connectivity index (χ0n) is 9.17. The SMILES string of the molecule is Cc1ccnc(Nc2cc(Cl)cc(Cl)c2)c1N. The maximum Gasteiger partial charge on any atom is 0.153 e. The summed E-state index contributed by atoms with van der Waals surface area (Å²) in [7, 11) is 0. The minimum Gasteiger partial charge on any atom is -0.396 e. The normalized spacial score (nSPS) is 10.3. The largest absolute Gasteiger partial charge is 0.396 e. The Morgan fingerprint density at radius 1 is 1.18 bits per heavy atom. The van der Waals surface area contributed by atoms with Crippen LogP contribution >= 0.6 is 23.2 Å². The molecular weight excluding hydrogens is 257 g/mol. The zero-order valence-corrected chi connectivity index (χ0v) is 10.7. The summed E-state index contributed by atoms with van der Waals surface area (Å²) in [6.07, 6.45) is 1.69. The first-order valence-electron chi connectivity index (χ1n) is 5.00. The van der Waals surface area contributed by atoms with E-state index < -0.39 is 0 Å². The van der Waals surface area contributed by atoms with Crippen LogP contribution in [-0.2, 0) is 0 Å². The zero-order chi connectivity index (χ0) is 12.4. The van der Waals surface area contributed by atoms with Crippen molar-refractivity contribution >= 4 is 40.4 Å². The molecule has 0 aliphatic rings. The topological polar surface area (TPSA) is 50.9 Å². The van der Waals surface area contributed by atoms with Crippen molar-refractivity contribution in [2.45, 2.75) is 6.92 Å². The summed E-state index contributed by atoms with van der Waals surface area (Å²) in [5, 5.41) is 4.21. The summed E-state index contributed by atoms with van der Waals surface area (Å²) in [4.78, 5) is 4.17. The molecule has 0 aliphatic carbocycles. The van der Waals surface area contributed by atoms with E-state index >= 15 is 0 Å². The van der Waals surface area contributed by atoms with Crippen LogP contribution in [0.4, 0.5) is 17.2 Å². The van der Waals surface area contributed by atoms with Gasteiger partial charge in [-0.2, -0.15) is 0 Å². The van der Waals surface area contributed by atoms with Crippen molar-refractivity contribution < 1.29 is 0 Å². The number of nitrogen functional groups attached to an aromatic ring is 1. The smallest absolute Gasteiger partial charge is 0.153 e. The van der Waals surface area contributed by atoms with E-state index in [1.54, 1.807) is 24.4 Å². The Kier molecular flexibility index (Phi) is 3.41. The van der Waals surface area contributed by atoms with Gasteiger partial charge in [-0.1, -0.05) is 23.2 Å². The second-order valence-corrected chi connectivity index (χ2v) is 4.55. The third kappa shape index (κ3) is 2.81. The molecule has 88 valence electrons. The Balaban J connectivity index is 2.34. The second-order valence-electron chi connectivity index (χ2n) is 3.67. The third-order valence-corrected chi connectivity index (χ3v) is 2.77. The molecule has 2 rings (SSSR count). The first kappa shape index (κ1) is 12.0. The quantitative estimate of drug-likeness (QED) is 0.864. The molecule has 0 fully saturated rings. The Morgan fingerprint density at radius 2 is 1.82 bits per heavy atom. The summed E-state index contributed by atoms with van der Waals surface area (Å²) in [5.41, 5.74) is 8.25.